The third-order valence-corrected chi connectivity index (χ3v) is 3.20. The molecule has 1 aromatic carbocycles. The number of nitrogens with zero attached hydrogens (tertiary/aromatic N) is 2. The Labute approximate surface area is 124 Å². The topological polar surface area (TPSA) is 93.4 Å². The Morgan fingerprint density at radius 3 is 2.71 bits per heavy atom. The summed E-state index contributed by atoms with van der Waals surface area (Å²) >= 11 is 0. The minimum atomic E-state index is -0.832. The molecule has 0 spiro atoms. The number of rotatable bonds is 6. The highest BCUT2D eigenvalue weighted by Gasteiger charge is 2.14. The highest BCUT2D eigenvalue weighted by atomic mass is 16.4. The van der Waals surface area contributed by atoms with Crippen LogP contribution < -0.4 is 10.2 Å². The first-order valence-electron chi connectivity index (χ1n) is 6.71. The Bertz CT molecular complexity index is 551. The van der Waals surface area contributed by atoms with Crippen LogP contribution >= 0.6 is 0 Å². The van der Waals surface area contributed by atoms with Gasteiger partial charge in [0.15, 0.2) is 0 Å². The molecule has 112 valence electrons. The summed E-state index contributed by atoms with van der Waals surface area (Å²) in [6.45, 7) is 2.04. The van der Waals surface area contributed by atoms with E-state index in [4.69, 9.17) is 10.4 Å². The maximum Gasteiger partial charge on any atom is 0.321 e. The van der Waals surface area contributed by atoms with E-state index in [0.29, 0.717) is 30.6 Å². The number of para-hydroxylation sites is 1. The van der Waals surface area contributed by atoms with Crippen LogP contribution in [0.5, 0.6) is 0 Å². The molecule has 6 nitrogen and oxygen atoms in total. The second kappa shape index (κ2) is 7.90. The summed E-state index contributed by atoms with van der Waals surface area (Å²) in [6, 6.07) is 8.56. The van der Waals surface area contributed by atoms with Crippen molar-refractivity contribution < 1.29 is 14.7 Å². The summed E-state index contributed by atoms with van der Waals surface area (Å²) in [7, 11) is 1.59. The largest absolute Gasteiger partial charge is 0.481 e. The van der Waals surface area contributed by atoms with E-state index in [-0.39, 0.29) is 6.03 Å². The van der Waals surface area contributed by atoms with Crippen LogP contribution in [0.2, 0.25) is 0 Å². The normalized spacial score (nSPS) is 11.3. The molecule has 0 radical (unpaired) electrons. The first-order valence-corrected chi connectivity index (χ1v) is 6.71. The van der Waals surface area contributed by atoms with Crippen molar-refractivity contribution >= 4 is 17.7 Å². The number of hydrogen-bond donors (Lipinski definition) is 2. The Kier molecular flexibility index (Phi) is 6.21. The van der Waals surface area contributed by atoms with Gasteiger partial charge in [-0.3, -0.25) is 9.69 Å². The Morgan fingerprint density at radius 2 is 2.10 bits per heavy atom. The fraction of sp³-hybridized carbons (Fsp3) is 0.400. The van der Waals surface area contributed by atoms with E-state index in [9.17, 15) is 9.59 Å². The molecule has 0 bridgehead atoms. The van der Waals surface area contributed by atoms with Crippen molar-refractivity contribution in [3.05, 3.63) is 29.8 Å². The molecule has 6 heteroatoms. The van der Waals surface area contributed by atoms with Crippen LogP contribution in [0.25, 0.3) is 0 Å². The molecule has 2 amide bonds. The predicted octanol–water partition coefficient (Wildman–Crippen LogP) is 2.20. The lowest BCUT2D eigenvalue weighted by molar-refractivity contribution is -0.141. The zero-order valence-corrected chi connectivity index (χ0v) is 12.2. The average molecular weight is 289 g/mol. The highest BCUT2D eigenvalue weighted by Crippen LogP contribution is 2.17. The van der Waals surface area contributed by atoms with Crippen LogP contribution in [-0.2, 0) is 4.79 Å². The van der Waals surface area contributed by atoms with Gasteiger partial charge in [-0.15, -0.1) is 0 Å². The van der Waals surface area contributed by atoms with Crippen LogP contribution in [0.4, 0.5) is 10.5 Å². The summed E-state index contributed by atoms with van der Waals surface area (Å²) in [5, 5.41) is 20.5. The standard InChI is InChI=1S/C15H19N3O3/c1-11(14(19)20)6-5-9-17-15(21)18(2)13-8-4-3-7-12(13)10-16/h3-4,7-8,11H,5-6,9H2,1-2H3,(H,17,21)(H,19,20). The van der Waals surface area contributed by atoms with Gasteiger partial charge in [-0.2, -0.15) is 5.26 Å². The second-order valence-electron chi connectivity index (χ2n) is 4.80. The van der Waals surface area contributed by atoms with Gasteiger partial charge in [-0.05, 0) is 25.0 Å². The van der Waals surface area contributed by atoms with Gasteiger partial charge in [0, 0.05) is 13.6 Å². The van der Waals surface area contributed by atoms with Crippen molar-refractivity contribution in [3.8, 4) is 6.07 Å². The van der Waals surface area contributed by atoms with Crippen LogP contribution in [0.3, 0.4) is 0 Å². The molecule has 0 aliphatic carbocycles. The molecule has 0 saturated carbocycles. The molecule has 1 rings (SSSR count). The van der Waals surface area contributed by atoms with Gasteiger partial charge in [0.25, 0.3) is 0 Å². The van der Waals surface area contributed by atoms with Gasteiger partial charge in [0.1, 0.15) is 6.07 Å². The van der Waals surface area contributed by atoms with E-state index in [1.807, 2.05) is 6.07 Å². The number of nitrogens with one attached hydrogen (secondary N) is 1. The van der Waals surface area contributed by atoms with Gasteiger partial charge in [0.2, 0.25) is 0 Å². The molecular formula is C15H19N3O3. The second-order valence-corrected chi connectivity index (χ2v) is 4.80. The molecule has 1 aromatic rings. The van der Waals surface area contributed by atoms with Crippen molar-refractivity contribution in [1.29, 1.82) is 5.26 Å². The van der Waals surface area contributed by atoms with Gasteiger partial charge >= 0.3 is 12.0 Å². The molecule has 0 aromatic heterocycles. The van der Waals surface area contributed by atoms with E-state index in [2.05, 4.69) is 5.32 Å². The number of carboxylic acid groups (broad SMARTS) is 1. The summed E-state index contributed by atoms with van der Waals surface area (Å²) in [5.41, 5.74) is 0.964. The summed E-state index contributed by atoms with van der Waals surface area (Å²) in [4.78, 5) is 24.0. The number of nitriles is 1. The lowest BCUT2D eigenvalue weighted by atomic mass is 10.1. The molecule has 0 heterocycles. The monoisotopic (exact) mass is 289 g/mol. The van der Waals surface area contributed by atoms with Crippen LogP contribution in [-0.4, -0.2) is 30.7 Å². The number of carboxylic acids is 1. The number of carbonyl (C=O) groups is 2. The summed E-state index contributed by atoms with van der Waals surface area (Å²) < 4.78 is 0. The first-order chi connectivity index (χ1) is 9.97. The average Bonchev–Trinajstić information content (AvgIpc) is 2.50. The van der Waals surface area contributed by atoms with Crippen LogP contribution in [0.15, 0.2) is 24.3 Å². The zero-order valence-electron chi connectivity index (χ0n) is 12.2. The van der Waals surface area contributed by atoms with Gasteiger partial charge in [0.05, 0.1) is 17.2 Å². The minimum Gasteiger partial charge on any atom is -0.481 e. The van der Waals surface area contributed by atoms with Crippen molar-refractivity contribution in [2.45, 2.75) is 19.8 Å². The first kappa shape index (κ1) is 16.5. The fourth-order valence-corrected chi connectivity index (χ4v) is 1.82. The quantitative estimate of drug-likeness (QED) is 0.785. The maximum absolute atomic E-state index is 12.0. The minimum absolute atomic E-state index is 0.319. The summed E-state index contributed by atoms with van der Waals surface area (Å²) in [5.74, 6) is -1.25. The number of anilines is 1. The van der Waals surface area contributed by atoms with Crippen LogP contribution in [0.1, 0.15) is 25.3 Å². The maximum atomic E-state index is 12.0. The zero-order chi connectivity index (χ0) is 15.8. The molecule has 0 aliphatic rings. The number of hydrogen-bond acceptors (Lipinski definition) is 3. The predicted molar refractivity (Wildman–Crippen MR) is 79.0 cm³/mol. The fourth-order valence-electron chi connectivity index (χ4n) is 1.82. The number of urea groups is 1. The number of amides is 2. The number of benzene rings is 1. The van der Waals surface area contributed by atoms with E-state index in [1.54, 1.807) is 38.2 Å². The van der Waals surface area contributed by atoms with E-state index in [0.717, 1.165) is 0 Å². The van der Waals surface area contributed by atoms with Crippen molar-refractivity contribution in [3.63, 3.8) is 0 Å². The van der Waals surface area contributed by atoms with Crippen molar-refractivity contribution in [2.75, 3.05) is 18.5 Å². The SMILES string of the molecule is CC(CCCNC(=O)N(C)c1ccccc1C#N)C(=O)O. The van der Waals surface area contributed by atoms with Gasteiger partial charge < -0.3 is 10.4 Å². The number of carbonyl (C=O) groups excluding carboxylic acids is 1. The van der Waals surface area contributed by atoms with Crippen LogP contribution in [0, 0.1) is 17.2 Å². The Morgan fingerprint density at radius 1 is 1.43 bits per heavy atom. The third-order valence-electron chi connectivity index (χ3n) is 3.20. The van der Waals surface area contributed by atoms with E-state index >= 15 is 0 Å². The molecule has 1 unspecified atom stereocenters. The molecule has 1 atom stereocenters. The molecule has 21 heavy (non-hydrogen) atoms. The van der Waals surface area contributed by atoms with E-state index in [1.165, 1.54) is 4.90 Å². The third kappa shape index (κ3) is 4.80. The molecule has 0 aliphatic heterocycles. The number of aliphatic carboxylic acids is 1. The van der Waals surface area contributed by atoms with E-state index < -0.39 is 11.9 Å². The summed E-state index contributed by atoms with van der Waals surface area (Å²) in [6.07, 6.45) is 1.10. The Balaban J connectivity index is 2.49. The highest BCUT2D eigenvalue weighted by molar-refractivity contribution is 5.92. The molecule has 2 N–H and O–H groups in total. The van der Waals surface area contributed by atoms with Crippen molar-refractivity contribution in [2.24, 2.45) is 5.92 Å². The van der Waals surface area contributed by atoms with Gasteiger partial charge in [-0.25, -0.2) is 4.79 Å². The molecular weight excluding hydrogens is 270 g/mol. The molecule has 0 saturated heterocycles. The lowest BCUT2D eigenvalue weighted by Crippen LogP contribution is -2.38. The van der Waals surface area contributed by atoms with Crippen molar-refractivity contribution in [1.82, 2.24) is 5.32 Å². The lowest BCUT2D eigenvalue weighted by Gasteiger charge is -2.19. The smallest absolute Gasteiger partial charge is 0.321 e. The van der Waals surface area contributed by atoms with Gasteiger partial charge in [-0.1, -0.05) is 19.1 Å². The Hall–Kier alpha value is -2.55. The molecule has 0 fully saturated rings.